The fourth-order valence-corrected chi connectivity index (χ4v) is 0.777. The number of nitrogen functional groups attached to an aromatic ring is 1. The quantitative estimate of drug-likeness (QED) is 0.457. The van der Waals surface area contributed by atoms with Crippen molar-refractivity contribution in [3.63, 3.8) is 0 Å². The number of aromatic nitrogens is 1. The molecule has 1 rings (SSSR count). The van der Waals surface area contributed by atoms with Crippen LogP contribution >= 0.6 is 0 Å². The van der Waals surface area contributed by atoms with Gasteiger partial charge in [0.25, 0.3) is 0 Å². The average Bonchev–Trinajstić information content (AvgIpc) is 2.21. The Morgan fingerprint density at radius 1 is 1.13 bits per heavy atom. The number of hydrogen-bond acceptors (Lipinski definition) is 4. The molecule has 0 saturated carbocycles. The molecule has 15 heavy (non-hydrogen) atoms. The van der Waals surface area contributed by atoms with Gasteiger partial charge in [0, 0.05) is 9.82 Å². The van der Waals surface area contributed by atoms with Crippen LogP contribution in [-0.2, 0) is 0 Å². The number of anilines is 1. The monoisotopic (exact) mass is 212 g/mol. The first kappa shape index (κ1) is 10.5. The highest BCUT2D eigenvalue weighted by molar-refractivity contribution is 5.56. The van der Waals surface area contributed by atoms with Crippen LogP contribution in [0.1, 0.15) is 0 Å². The summed E-state index contributed by atoms with van der Waals surface area (Å²) in [6.45, 7) is 0. The number of azide groups is 2. The van der Waals surface area contributed by atoms with E-state index < -0.39 is 29.0 Å². The number of nitrogens with zero attached hydrogens (tertiary/aromatic N) is 7. The minimum Gasteiger partial charge on any atom is -0.381 e. The van der Waals surface area contributed by atoms with E-state index in [-0.39, 0.29) is 0 Å². The predicted octanol–water partition coefficient (Wildman–Crippen LogP) is 2.83. The van der Waals surface area contributed by atoms with Crippen LogP contribution in [0.5, 0.6) is 0 Å². The Morgan fingerprint density at radius 2 is 1.73 bits per heavy atom. The van der Waals surface area contributed by atoms with Gasteiger partial charge in [-0.3, -0.25) is 0 Å². The van der Waals surface area contributed by atoms with Crippen LogP contribution in [0.25, 0.3) is 20.9 Å². The third-order valence-corrected chi connectivity index (χ3v) is 1.35. The topological polar surface area (TPSA) is 136 Å². The molecule has 1 aromatic heterocycles. The summed E-state index contributed by atoms with van der Waals surface area (Å²) in [5.41, 5.74) is 20.1. The second-order valence-electron chi connectivity index (χ2n) is 2.18. The molecule has 0 aliphatic carbocycles. The zero-order valence-electron chi connectivity index (χ0n) is 6.96. The van der Waals surface area contributed by atoms with E-state index in [2.05, 4.69) is 25.0 Å². The van der Waals surface area contributed by atoms with Gasteiger partial charge in [-0.25, -0.2) is 13.8 Å². The minimum absolute atomic E-state index is 0.721. The van der Waals surface area contributed by atoms with E-state index in [1.165, 1.54) is 0 Å². The highest BCUT2D eigenvalue weighted by Gasteiger charge is 2.16. The molecule has 1 aromatic rings. The molecular formula is C5H2F2N8. The summed E-state index contributed by atoms with van der Waals surface area (Å²) < 4.78 is 26.2. The van der Waals surface area contributed by atoms with E-state index in [1.54, 1.807) is 0 Å². The van der Waals surface area contributed by atoms with Crippen LogP contribution in [0.3, 0.4) is 0 Å². The molecule has 0 aromatic carbocycles. The van der Waals surface area contributed by atoms with E-state index >= 15 is 0 Å². The van der Waals surface area contributed by atoms with Crippen LogP contribution in [0.4, 0.5) is 26.1 Å². The molecule has 2 N–H and O–H groups in total. The Balaban J connectivity index is 3.62. The van der Waals surface area contributed by atoms with E-state index in [9.17, 15) is 8.78 Å². The number of halogens is 2. The van der Waals surface area contributed by atoms with Gasteiger partial charge < -0.3 is 5.73 Å². The molecule has 0 amide bonds. The number of rotatable bonds is 2. The molecule has 0 radical (unpaired) electrons. The normalized spacial score (nSPS) is 8.93. The van der Waals surface area contributed by atoms with Crippen molar-refractivity contribution in [1.82, 2.24) is 4.98 Å². The van der Waals surface area contributed by atoms with Gasteiger partial charge in [-0.1, -0.05) is 5.11 Å². The van der Waals surface area contributed by atoms with Crippen LogP contribution in [0.2, 0.25) is 0 Å². The standard InChI is InChI=1S/C5H2F2N8/c6-1-3(12-14-9)2(7)5(13-15-10)11-4(1)8/h(H2,8,11). The van der Waals surface area contributed by atoms with Gasteiger partial charge in [0.05, 0.1) is 0 Å². The van der Waals surface area contributed by atoms with Crippen molar-refractivity contribution in [3.05, 3.63) is 32.5 Å². The fraction of sp³-hybridized carbons (Fsp3) is 0. The van der Waals surface area contributed by atoms with Crippen LogP contribution < -0.4 is 5.73 Å². The maximum atomic E-state index is 13.2. The summed E-state index contributed by atoms with van der Waals surface area (Å²) in [5.74, 6) is -4.17. The van der Waals surface area contributed by atoms with Crippen molar-refractivity contribution in [2.24, 2.45) is 10.2 Å². The molecule has 0 bridgehead atoms. The van der Waals surface area contributed by atoms with Gasteiger partial charge in [-0.05, 0) is 16.2 Å². The Hall–Kier alpha value is -2.57. The first-order valence-electron chi connectivity index (χ1n) is 3.36. The Morgan fingerprint density at radius 3 is 2.27 bits per heavy atom. The van der Waals surface area contributed by atoms with Gasteiger partial charge in [0.1, 0.15) is 5.69 Å². The van der Waals surface area contributed by atoms with Crippen LogP contribution in [0.15, 0.2) is 10.2 Å². The lowest BCUT2D eigenvalue weighted by molar-refractivity contribution is 0.582. The lowest BCUT2D eigenvalue weighted by Crippen LogP contribution is -1.97. The largest absolute Gasteiger partial charge is 0.381 e. The molecule has 0 aliphatic rings. The zero-order valence-corrected chi connectivity index (χ0v) is 6.96. The lowest BCUT2D eigenvalue weighted by atomic mass is 10.3. The third kappa shape index (κ3) is 1.85. The number of nitrogens with two attached hydrogens (primary N) is 1. The van der Waals surface area contributed by atoms with Crippen LogP contribution in [-0.4, -0.2) is 4.98 Å². The molecule has 0 unspecified atom stereocenters. The lowest BCUT2D eigenvalue weighted by Gasteiger charge is -2.02. The molecule has 76 valence electrons. The Kier molecular flexibility index (Phi) is 2.87. The van der Waals surface area contributed by atoms with Crippen molar-refractivity contribution in [2.45, 2.75) is 0 Å². The summed E-state index contributed by atoms with van der Waals surface area (Å²) in [6.07, 6.45) is 0. The minimum atomic E-state index is -1.36. The van der Waals surface area contributed by atoms with Gasteiger partial charge in [0.2, 0.25) is 0 Å². The fourth-order valence-electron chi connectivity index (χ4n) is 0.777. The van der Waals surface area contributed by atoms with Gasteiger partial charge >= 0.3 is 0 Å². The first-order valence-corrected chi connectivity index (χ1v) is 3.36. The summed E-state index contributed by atoms with van der Waals surface area (Å²) in [7, 11) is 0. The van der Waals surface area contributed by atoms with Crippen molar-refractivity contribution >= 4 is 17.3 Å². The molecule has 0 spiro atoms. The van der Waals surface area contributed by atoms with E-state index in [4.69, 9.17) is 16.8 Å². The SMILES string of the molecule is [N-]=[N+]=Nc1nc(N)c(F)c(N=[N+]=[N-])c1F. The van der Waals surface area contributed by atoms with Crippen LogP contribution in [0, 0.1) is 11.6 Å². The van der Waals surface area contributed by atoms with E-state index in [0.717, 1.165) is 0 Å². The maximum Gasteiger partial charge on any atom is 0.177 e. The number of pyridine rings is 1. The molecule has 0 aliphatic heterocycles. The predicted molar refractivity (Wildman–Crippen MR) is 46.2 cm³/mol. The van der Waals surface area contributed by atoms with Crippen molar-refractivity contribution in [1.29, 1.82) is 0 Å². The van der Waals surface area contributed by atoms with Gasteiger partial charge in [-0.2, -0.15) is 0 Å². The molecule has 0 atom stereocenters. The third-order valence-electron chi connectivity index (χ3n) is 1.35. The highest BCUT2D eigenvalue weighted by Crippen LogP contribution is 2.31. The molecular weight excluding hydrogens is 210 g/mol. The molecule has 1 heterocycles. The summed E-state index contributed by atoms with van der Waals surface area (Å²) in [6, 6.07) is 0. The Labute approximate surface area is 80.6 Å². The van der Waals surface area contributed by atoms with Gasteiger partial charge in [0.15, 0.2) is 23.3 Å². The van der Waals surface area contributed by atoms with Crippen molar-refractivity contribution in [2.75, 3.05) is 5.73 Å². The second-order valence-corrected chi connectivity index (χ2v) is 2.18. The molecule has 8 nitrogen and oxygen atoms in total. The maximum absolute atomic E-state index is 13.2. The average molecular weight is 212 g/mol. The zero-order chi connectivity index (χ0) is 11.4. The van der Waals surface area contributed by atoms with E-state index in [0.29, 0.717) is 0 Å². The number of hydrogen-bond donors (Lipinski definition) is 1. The summed E-state index contributed by atoms with van der Waals surface area (Å²) in [5, 5.41) is 5.55. The molecule has 0 saturated heterocycles. The van der Waals surface area contributed by atoms with Gasteiger partial charge in [-0.15, -0.1) is 0 Å². The highest BCUT2D eigenvalue weighted by atomic mass is 19.1. The molecule has 0 fully saturated rings. The smallest absolute Gasteiger partial charge is 0.177 e. The molecule has 10 heteroatoms. The van der Waals surface area contributed by atoms with Crippen molar-refractivity contribution < 1.29 is 8.78 Å². The van der Waals surface area contributed by atoms with E-state index in [1.807, 2.05) is 0 Å². The second kappa shape index (κ2) is 4.09. The van der Waals surface area contributed by atoms with Crippen molar-refractivity contribution in [3.8, 4) is 0 Å². The Bertz CT molecular complexity index is 498. The first-order chi connectivity index (χ1) is 7.11. The summed E-state index contributed by atoms with van der Waals surface area (Å²) in [4.78, 5) is 7.57. The summed E-state index contributed by atoms with van der Waals surface area (Å²) >= 11 is 0.